The van der Waals surface area contributed by atoms with E-state index in [-0.39, 0.29) is 0 Å². The van der Waals surface area contributed by atoms with Crippen molar-refractivity contribution in [1.29, 1.82) is 0 Å². The predicted octanol–water partition coefficient (Wildman–Crippen LogP) is 1.65. The lowest BCUT2D eigenvalue weighted by atomic mass is 10.3. The van der Waals surface area contributed by atoms with E-state index in [0.717, 1.165) is 6.42 Å². The Labute approximate surface area is 54.1 Å². The number of ether oxygens (including phenoxy) is 1. The van der Waals surface area contributed by atoms with Crippen LogP contribution in [0.5, 0.6) is 0 Å². The van der Waals surface area contributed by atoms with Gasteiger partial charge in [-0.05, 0) is 17.9 Å². The molecular formula is C6H10OS. The highest BCUT2D eigenvalue weighted by molar-refractivity contribution is 8.02. The van der Waals surface area contributed by atoms with Crippen molar-refractivity contribution in [1.82, 2.24) is 0 Å². The Morgan fingerprint density at radius 3 is 3.00 bits per heavy atom. The first-order chi connectivity index (χ1) is 3.93. The second kappa shape index (κ2) is 3.15. The van der Waals surface area contributed by atoms with E-state index in [4.69, 9.17) is 4.74 Å². The fraction of sp³-hybridized carbons (Fsp3) is 0.667. The number of rotatable bonds is 1. The van der Waals surface area contributed by atoms with Gasteiger partial charge < -0.3 is 4.74 Å². The van der Waals surface area contributed by atoms with Crippen LogP contribution in [0.4, 0.5) is 0 Å². The summed E-state index contributed by atoms with van der Waals surface area (Å²) in [5.41, 5.74) is 0. The van der Waals surface area contributed by atoms with Crippen LogP contribution in [0.3, 0.4) is 0 Å². The first kappa shape index (κ1) is 6.17. The van der Waals surface area contributed by atoms with Crippen LogP contribution in [0.15, 0.2) is 11.5 Å². The first-order valence-electron chi connectivity index (χ1n) is 2.74. The molecule has 8 heavy (non-hydrogen) atoms. The number of methoxy groups -OCH3 is 1. The molecule has 0 fully saturated rings. The molecule has 0 amide bonds. The molecule has 1 atom stereocenters. The van der Waals surface area contributed by atoms with Crippen molar-refractivity contribution in [3.05, 3.63) is 11.5 Å². The molecule has 0 saturated heterocycles. The fourth-order valence-electron chi connectivity index (χ4n) is 0.688. The Hall–Kier alpha value is 0.0500. The van der Waals surface area contributed by atoms with Gasteiger partial charge in [0.15, 0.2) is 0 Å². The van der Waals surface area contributed by atoms with Crippen LogP contribution in [0.1, 0.15) is 6.42 Å². The van der Waals surface area contributed by atoms with Crippen molar-refractivity contribution in [3.63, 3.8) is 0 Å². The summed E-state index contributed by atoms with van der Waals surface area (Å²) in [6.45, 7) is 0. The summed E-state index contributed by atoms with van der Waals surface area (Å²) in [6, 6.07) is 0. The van der Waals surface area contributed by atoms with E-state index >= 15 is 0 Å². The molecule has 0 N–H and O–H groups in total. The van der Waals surface area contributed by atoms with Gasteiger partial charge in [-0.25, -0.2) is 0 Å². The predicted molar refractivity (Wildman–Crippen MR) is 37.0 cm³/mol. The molecule has 2 heteroatoms. The summed E-state index contributed by atoms with van der Waals surface area (Å²) >= 11 is 1.85. The average molecular weight is 130 g/mol. The van der Waals surface area contributed by atoms with Crippen LogP contribution in [0, 0.1) is 0 Å². The van der Waals surface area contributed by atoms with E-state index < -0.39 is 0 Å². The zero-order chi connectivity index (χ0) is 5.82. The largest absolute Gasteiger partial charge is 0.377 e. The third-order valence-electron chi connectivity index (χ3n) is 1.21. The smallest absolute Gasteiger partial charge is 0.0767 e. The molecule has 0 aromatic heterocycles. The molecule has 1 rings (SSSR count). The van der Waals surface area contributed by atoms with Gasteiger partial charge in [-0.1, -0.05) is 0 Å². The summed E-state index contributed by atoms with van der Waals surface area (Å²) in [6.07, 6.45) is 3.66. The highest BCUT2D eigenvalue weighted by atomic mass is 32.2. The summed E-state index contributed by atoms with van der Waals surface area (Å²) in [5, 5.41) is 2.11. The van der Waals surface area contributed by atoms with Crippen molar-refractivity contribution >= 4 is 11.8 Å². The van der Waals surface area contributed by atoms with Crippen molar-refractivity contribution in [2.24, 2.45) is 0 Å². The van der Waals surface area contributed by atoms with Gasteiger partial charge in [0.25, 0.3) is 0 Å². The highest BCUT2D eigenvalue weighted by Gasteiger charge is 2.04. The summed E-state index contributed by atoms with van der Waals surface area (Å²) in [7, 11) is 1.75. The maximum atomic E-state index is 5.09. The minimum absolute atomic E-state index is 0.385. The summed E-state index contributed by atoms with van der Waals surface area (Å²) in [5.74, 6) is 1.20. The van der Waals surface area contributed by atoms with Crippen LogP contribution < -0.4 is 0 Å². The van der Waals surface area contributed by atoms with Gasteiger partial charge in [-0.2, -0.15) is 0 Å². The summed E-state index contributed by atoms with van der Waals surface area (Å²) < 4.78 is 5.09. The second-order valence-corrected chi connectivity index (χ2v) is 2.78. The molecule has 0 bridgehead atoms. The second-order valence-electron chi connectivity index (χ2n) is 1.76. The average Bonchev–Trinajstić information content (AvgIpc) is 1.90. The van der Waals surface area contributed by atoms with Gasteiger partial charge >= 0.3 is 0 Å². The van der Waals surface area contributed by atoms with Gasteiger partial charge in [-0.15, -0.1) is 11.8 Å². The quantitative estimate of drug-likeness (QED) is 0.533. The molecule has 1 aliphatic heterocycles. The molecule has 0 aromatic rings. The topological polar surface area (TPSA) is 9.23 Å². The Morgan fingerprint density at radius 2 is 2.62 bits per heavy atom. The minimum atomic E-state index is 0.385. The molecule has 1 heterocycles. The third-order valence-corrected chi connectivity index (χ3v) is 2.03. The first-order valence-corrected chi connectivity index (χ1v) is 3.79. The molecule has 1 aliphatic rings. The molecule has 46 valence electrons. The van der Waals surface area contributed by atoms with Crippen LogP contribution >= 0.6 is 11.8 Å². The van der Waals surface area contributed by atoms with Crippen LogP contribution in [0.25, 0.3) is 0 Å². The molecule has 0 saturated carbocycles. The van der Waals surface area contributed by atoms with Gasteiger partial charge in [0, 0.05) is 12.9 Å². The monoisotopic (exact) mass is 130 g/mol. The van der Waals surface area contributed by atoms with Crippen LogP contribution in [-0.2, 0) is 4.74 Å². The third kappa shape index (κ3) is 1.53. The van der Waals surface area contributed by atoms with E-state index in [0.29, 0.717) is 6.10 Å². The number of hydrogen-bond acceptors (Lipinski definition) is 2. The molecule has 1 nitrogen and oxygen atoms in total. The van der Waals surface area contributed by atoms with Crippen molar-refractivity contribution < 1.29 is 4.74 Å². The summed E-state index contributed by atoms with van der Waals surface area (Å²) in [4.78, 5) is 0. The van der Waals surface area contributed by atoms with Crippen LogP contribution in [-0.4, -0.2) is 19.0 Å². The molecule has 0 aliphatic carbocycles. The maximum Gasteiger partial charge on any atom is 0.0767 e. The fourth-order valence-corrected chi connectivity index (χ4v) is 1.48. The molecule has 0 aromatic carbocycles. The minimum Gasteiger partial charge on any atom is -0.377 e. The van der Waals surface area contributed by atoms with Crippen molar-refractivity contribution in [2.75, 3.05) is 12.9 Å². The van der Waals surface area contributed by atoms with E-state index in [9.17, 15) is 0 Å². The van der Waals surface area contributed by atoms with Crippen molar-refractivity contribution in [3.8, 4) is 0 Å². The van der Waals surface area contributed by atoms with Crippen molar-refractivity contribution in [2.45, 2.75) is 12.5 Å². The molecular weight excluding hydrogens is 120 g/mol. The zero-order valence-corrected chi connectivity index (χ0v) is 5.78. The SMILES string of the molecule is CO[C@@H]1C=CSCC1. The highest BCUT2D eigenvalue weighted by Crippen LogP contribution is 2.15. The standard InChI is InChI=1S/C6H10OS/c1-7-6-2-4-8-5-3-6/h2,4,6H,3,5H2,1H3/t6-/m1/s1. The van der Waals surface area contributed by atoms with E-state index in [1.807, 2.05) is 11.8 Å². The molecule has 0 radical (unpaired) electrons. The number of hydrogen-bond donors (Lipinski definition) is 0. The van der Waals surface area contributed by atoms with Gasteiger partial charge in [0.2, 0.25) is 0 Å². The normalized spacial score (nSPS) is 28.4. The van der Waals surface area contributed by atoms with Gasteiger partial charge in [0.05, 0.1) is 6.10 Å². The Balaban J connectivity index is 2.32. The Bertz CT molecular complexity index is 90.5. The van der Waals surface area contributed by atoms with E-state index in [2.05, 4.69) is 11.5 Å². The number of thioether (sulfide) groups is 1. The van der Waals surface area contributed by atoms with E-state index in [1.54, 1.807) is 7.11 Å². The lowest BCUT2D eigenvalue weighted by molar-refractivity contribution is 0.138. The zero-order valence-electron chi connectivity index (χ0n) is 4.96. The van der Waals surface area contributed by atoms with E-state index in [1.165, 1.54) is 5.75 Å². The lowest BCUT2D eigenvalue weighted by Gasteiger charge is -2.12. The van der Waals surface area contributed by atoms with Gasteiger partial charge in [-0.3, -0.25) is 0 Å². The molecule has 0 spiro atoms. The van der Waals surface area contributed by atoms with Gasteiger partial charge in [0.1, 0.15) is 0 Å². The molecule has 0 unspecified atom stereocenters. The Kier molecular flexibility index (Phi) is 2.43. The maximum absolute atomic E-state index is 5.09. The Morgan fingerprint density at radius 1 is 1.75 bits per heavy atom. The lowest BCUT2D eigenvalue weighted by Crippen LogP contribution is -2.09. The van der Waals surface area contributed by atoms with Crippen LogP contribution in [0.2, 0.25) is 0 Å².